The second kappa shape index (κ2) is 8.88. The number of amides is 1. The second-order valence-corrected chi connectivity index (χ2v) is 5.71. The van der Waals surface area contributed by atoms with Gasteiger partial charge < -0.3 is 15.4 Å². The van der Waals surface area contributed by atoms with Crippen LogP contribution in [-0.2, 0) is 4.74 Å². The molecule has 1 aliphatic rings. The van der Waals surface area contributed by atoms with E-state index in [9.17, 15) is 4.79 Å². The van der Waals surface area contributed by atoms with E-state index in [1.165, 1.54) is 0 Å². The third-order valence-corrected chi connectivity index (χ3v) is 4.14. The van der Waals surface area contributed by atoms with Gasteiger partial charge in [0.15, 0.2) is 0 Å². The number of carbonyl (C=O) groups excluding carboxylic acids is 1. The van der Waals surface area contributed by atoms with E-state index in [0.717, 1.165) is 56.0 Å². The molecule has 5 heteroatoms. The second-order valence-electron chi connectivity index (χ2n) is 5.71. The van der Waals surface area contributed by atoms with Gasteiger partial charge in [0.25, 0.3) is 5.91 Å². The number of ether oxygens (including phenoxy) is 1. The zero-order chi connectivity index (χ0) is 15.8. The summed E-state index contributed by atoms with van der Waals surface area (Å²) in [5.74, 6) is -0.0214. The summed E-state index contributed by atoms with van der Waals surface area (Å²) in [5, 5.41) is 6.25. The van der Waals surface area contributed by atoms with Crippen molar-refractivity contribution < 1.29 is 9.53 Å². The topological polar surface area (TPSA) is 53.6 Å². The molecule has 0 spiro atoms. The molecule has 22 heavy (non-hydrogen) atoms. The lowest BCUT2D eigenvalue weighted by atomic mass is 10.0. The molecule has 1 heterocycles. The van der Waals surface area contributed by atoms with Crippen LogP contribution in [0.3, 0.4) is 0 Å². The van der Waals surface area contributed by atoms with Gasteiger partial charge in [0, 0.05) is 44.8 Å². The molecule has 0 saturated carbocycles. The number of carbonyl (C=O) groups is 1. The third-order valence-electron chi connectivity index (χ3n) is 4.14. The highest BCUT2D eigenvalue weighted by Gasteiger charge is 2.10. The first kappa shape index (κ1) is 16.9. The monoisotopic (exact) mass is 305 g/mol. The van der Waals surface area contributed by atoms with Crippen molar-refractivity contribution in [2.45, 2.75) is 13.8 Å². The summed E-state index contributed by atoms with van der Waals surface area (Å²) in [6.45, 7) is 11.1. The molecule has 122 valence electrons. The average Bonchev–Trinajstić information content (AvgIpc) is 2.54. The van der Waals surface area contributed by atoms with E-state index in [2.05, 4.69) is 15.5 Å². The molecular weight excluding hydrogens is 278 g/mol. The minimum absolute atomic E-state index is 0.0214. The van der Waals surface area contributed by atoms with Crippen LogP contribution < -0.4 is 10.6 Å². The number of piperazine rings is 1. The maximum absolute atomic E-state index is 12.1. The van der Waals surface area contributed by atoms with Crippen molar-refractivity contribution in [3.05, 3.63) is 34.9 Å². The Kier molecular flexibility index (Phi) is 6.83. The normalized spacial score (nSPS) is 15.7. The molecule has 1 fully saturated rings. The van der Waals surface area contributed by atoms with Crippen LogP contribution in [0.25, 0.3) is 0 Å². The maximum Gasteiger partial charge on any atom is 0.251 e. The van der Waals surface area contributed by atoms with Crippen LogP contribution in [0, 0.1) is 13.8 Å². The molecule has 5 nitrogen and oxygen atoms in total. The molecule has 1 aromatic rings. The van der Waals surface area contributed by atoms with E-state index >= 15 is 0 Å². The molecule has 0 radical (unpaired) electrons. The molecule has 2 rings (SSSR count). The summed E-state index contributed by atoms with van der Waals surface area (Å²) in [7, 11) is 0. The summed E-state index contributed by atoms with van der Waals surface area (Å²) < 4.78 is 5.60. The van der Waals surface area contributed by atoms with Crippen molar-refractivity contribution in [1.82, 2.24) is 15.5 Å². The summed E-state index contributed by atoms with van der Waals surface area (Å²) >= 11 is 0. The number of aryl methyl sites for hydroxylation is 1. The zero-order valence-electron chi connectivity index (χ0n) is 13.7. The highest BCUT2D eigenvalue weighted by Crippen LogP contribution is 2.12. The summed E-state index contributed by atoms with van der Waals surface area (Å²) in [6, 6.07) is 5.80. The smallest absolute Gasteiger partial charge is 0.251 e. The predicted molar refractivity (Wildman–Crippen MR) is 88.4 cm³/mol. The number of benzene rings is 1. The van der Waals surface area contributed by atoms with Crippen LogP contribution in [0.5, 0.6) is 0 Å². The van der Waals surface area contributed by atoms with Gasteiger partial charge in [-0.2, -0.15) is 0 Å². The number of nitrogens with one attached hydrogen (secondary N) is 2. The number of hydrogen-bond donors (Lipinski definition) is 2. The van der Waals surface area contributed by atoms with E-state index in [1.807, 2.05) is 32.0 Å². The standard InChI is InChI=1S/C17H27N3O2/c1-14-4-3-5-16(15(14)2)17(21)19-8-12-22-13-11-20-9-6-18-7-10-20/h3-5,18H,6-13H2,1-2H3,(H,19,21). The van der Waals surface area contributed by atoms with Gasteiger partial charge in [-0.25, -0.2) is 0 Å². The minimum Gasteiger partial charge on any atom is -0.378 e. The van der Waals surface area contributed by atoms with Gasteiger partial charge in [0.1, 0.15) is 0 Å². The summed E-state index contributed by atoms with van der Waals surface area (Å²) in [4.78, 5) is 14.5. The Hall–Kier alpha value is -1.43. The number of rotatable bonds is 7. The Balaban J connectivity index is 1.60. The molecule has 0 unspecified atom stereocenters. The molecule has 1 saturated heterocycles. The van der Waals surface area contributed by atoms with Gasteiger partial charge in [-0.15, -0.1) is 0 Å². The molecule has 1 aromatic carbocycles. The summed E-state index contributed by atoms with van der Waals surface area (Å²) in [6.07, 6.45) is 0. The van der Waals surface area contributed by atoms with Crippen LogP contribution in [0.4, 0.5) is 0 Å². The van der Waals surface area contributed by atoms with Crippen LogP contribution in [0.1, 0.15) is 21.5 Å². The molecule has 0 bridgehead atoms. The molecule has 0 atom stereocenters. The Bertz CT molecular complexity index is 485. The quantitative estimate of drug-likeness (QED) is 0.737. The number of nitrogens with zero attached hydrogens (tertiary/aromatic N) is 1. The first-order valence-corrected chi connectivity index (χ1v) is 8.03. The first-order chi connectivity index (χ1) is 10.7. The SMILES string of the molecule is Cc1cccc(C(=O)NCCOCCN2CCNCC2)c1C. The van der Waals surface area contributed by atoms with E-state index in [0.29, 0.717) is 13.2 Å². The predicted octanol–water partition coefficient (Wildman–Crippen LogP) is 0.955. The minimum atomic E-state index is -0.0214. The molecular formula is C17H27N3O2. The van der Waals surface area contributed by atoms with Crippen LogP contribution >= 0.6 is 0 Å². The summed E-state index contributed by atoms with van der Waals surface area (Å²) in [5.41, 5.74) is 2.93. The van der Waals surface area contributed by atoms with Gasteiger partial charge in [-0.1, -0.05) is 12.1 Å². The fourth-order valence-corrected chi connectivity index (χ4v) is 2.56. The third kappa shape index (κ3) is 5.09. The van der Waals surface area contributed by atoms with Crippen molar-refractivity contribution in [2.75, 3.05) is 52.5 Å². The van der Waals surface area contributed by atoms with Crippen molar-refractivity contribution in [2.24, 2.45) is 0 Å². The fourth-order valence-electron chi connectivity index (χ4n) is 2.56. The van der Waals surface area contributed by atoms with Crippen molar-refractivity contribution >= 4 is 5.91 Å². The zero-order valence-corrected chi connectivity index (χ0v) is 13.7. The lowest BCUT2D eigenvalue weighted by molar-refractivity contribution is 0.0864. The molecule has 1 aliphatic heterocycles. The Morgan fingerprint density at radius 3 is 2.82 bits per heavy atom. The molecule has 2 N–H and O–H groups in total. The van der Waals surface area contributed by atoms with Crippen molar-refractivity contribution in [3.8, 4) is 0 Å². The average molecular weight is 305 g/mol. The fraction of sp³-hybridized carbons (Fsp3) is 0.588. The molecule has 0 aliphatic carbocycles. The van der Waals surface area contributed by atoms with Crippen LogP contribution in [0.15, 0.2) is 18.2 Å². The highest BCUT2D eigenvalue weighted by molar-refractivity contribution is 5.95. The van der Waals surface area contributed by atoms with E-state index in [1.54, 1.807) is 0 Å². The lowest BCUT2D eigenvalue weighted by Crippen LogP contribution is -2.44. The van der Waals surface area contributed by atoms with Gasteiger partial charge in [0.2, 0.25) is 0 Å². The van der Waals surface area contributed by atoms with Gasteiger partial charge in [-0.3, -0.25) is 9.69 Å². The van der Waals surface area contributed by atoms with Crippen molar-refractivity contribution in [1.29, 1.82) is 0 Å². The van der Waals surface area contributed by atoms with Crippen LogP contribution in [0.2, 0.25) is 0 Å². The lowest BCUT2D eigenvalue weighted by Gasteiger charge is -2.26. The Morgan fingerprint density at radius 2 is 2.05 bits per heavy atom. The molecule has 1 amide bonds. The highest BCUT2D eigenvalue weighted by atomic mass is 16.5. The number of hydrogen-bond acceptors (Lipinski definition) is 4. The van der Waals surface area contributed by atoms with Crippen molar-refractivity contribution in [3.63, 3.8) is 0 Å². The maximum atomic E-state index is 12.1. The Morgan fingerprint density at radius 1 is 1.27 bits per heavy atom. The largest absolute Gasteiger partial charge is 0.378 e. The van der Waals surface area contributed by atoms with Crippen LogP contribution in [-0.4, -0.2) is 63.3 Å². The van der Waals surface area contributed by atoms with E-state index in [4.69, 9.17) is 4.74 Å². The van der Waals surface area contributed by atoms with Gasteiger partial charge in [0.05, 0.1) is 13.2 Å². The molecule has 0 aromatic heterocycles. The first-order valence-electron chi connectivity index (χ1n) is 8.03. The van der Waals surface area contributed by atoms with E-state index < -0.39 is 0 Å². The Labute approximate surface area is 133 Å². The van der Waals surface area contributed by atoms with Gasteiger partial charge >= 0.3 is 0 Å². The van der Waals surface area contributed by atoms with Gasteiger partial charge in [-0.05, 0) is 31.0 Å². The van der Waals surface area contributed by atoms with E-state index in [-0.39, 0.29) is 5.91 Å².